The van der Waals surface area contributed by atoms with Crippen molar-refractivity contribution in [2.45, 2.75) is 95.8 Å². The fourth-order valence-electron chi connectivity index (χ4n) is 7.03. The molecule has 1 saturated heterocycles. The van der Waals surface area contributed by atoms with Crippen LogP contribution in [0.1, 0.15) is 52.9 Å². The molecule has 6 N–H and O–H groups in total. The number of carboxylic acids is 1. The van der Waals surface area contributed by atoms with Crippen LogP contribution in [0.25, 0.3) is 0 Å². The molecular formula is C26H38O10. The summed E-state index contributed by atoms with van der Waals surface area (Å²) >= 11 is 0. The molecule has 1 heterocycles. The highest BCUT2D eigenvalue weighted by atomic mass is 16.7. The first-order valence-corrected chi connectivity index (χ1v) is 12.5. The average molecular weight is 511 g/mol. The van der Waals surface area contributed by atoms with Crippen molar-refractivity contribution in [1.82, 2.24) is 0 Å². The highest BCUT2D eigenvalue weighted by Crippen LogP contribution is 2.62. The van der Waals surface area contributed by atoms with Crippen LogP contribution >= 0.6 is 0 Å². The fraction of sp³-hybridized carbons (Fsp3) is 0.769. The van der Waals surface area contributed by atoms with Crippen molar-refractivity contribution < 1.29 is 49.7 Å². The molecule has 10 heteroatoms. The minimum absolute atomic E-state index is 0.00602. The number of aliphatic hydroxyl groups is 5. The Hall–Kier alpha value is -1.66. The third-order valence-electron chi connectivity index (χ3n) is 9.41. The summed E-state index contributed by atoms with van der Waals surface area (Å²) in [7, 11) is 0. The van der Waals surface area contributed by atoms with Gasteiger partial charge in [-0.15, -0.1) is 6.58 Å². The topological polar surface area (TPSA) is 174 Å². The van der Waals surface area contributed by atoms with Crippen LogP contribution in [0.5, 0.6) is 0 Å². The fourth-order valence-corrected chi connectivity index (χ4v) is 7.03. The number of carbonyl (C=O) groups excluding carboxylic acids is 1. The molecular weight excluding hydrogens is 472 g/mol. The maximum absolute atomic E-state index is 13.4. The van der Waals surface area contributed by atoms with Gasteiger partial charge in [0.25, 0.3) is 0 Å². The molecule has 0 spiro atoms. The zero-order valence-electron chi connectivity index (χ0n) is 21.0. The summed E-state index contributed by atoms with van der Waals surface area (Å²) in [4.78, 5) is 24.8. The van der Waals surface area contributed by atoms with E-state index in [1.807, 2.05) is 13.0 Å². The molecule has 0 aromatic heterocycles. The van der Waals surface area contributed by atoms with Gasteiger partial charge in [0.2, 0.25) is 0 Å². The number of Topliss-reactive ketones (excluding diaryl/α,β-unsaturated/α-hetero) is 1. The number of fused-ring (bicyclic) bond motifs is 2. The van der Waals surface area contributed by atoms with Crippen molar-refractivity contribution in [3.63, 3.8) is 0 Å². The maximum atomic E-state index is 13.4. The summed E-state index contributed by atoms with van der Waals surface area (Å²) in [6.45, 7) is 9.44. The van der Waals surface area contributed by atoms with Crippen molar-refractivity contribution in [3.05, 3.63) is 23.8 Å². The van der Waals surface area contributed by atoms with Crippen molar-refractivity contribution in [2.75, 3.05) is 6.61 Å². The number of hydrogen-bond donors (Lipinski definition) is 6. The van der Waals surface area contributed by atoms with E-state index in [0.717, 1.165) is 17.6 Å². The highest BCUT2D eigenvalue weighted by Gasteiger charge is 2.62. The second-order valence-electron chi connectivity index (χ2n) is 11.9. The Bertz CT molecular complexity index is 962. The summed E-state index contributed by atoms with van der Waals surface area (Å²) in [6.07, 6.45) is -6.84. The summed E-state index contributed by atoms with van der Waals surface area (Å²) in [5, 5.41) is 61.8. The monoisotopic (exact) mass is 510 g/mol. The van der Waals surface area contributed by atoms with Crippen LogP contribution in [0.15, 0.2) is 23.8 Å². The van der Waals surface area contributed by atoms with Gasteiger partial charge in [-0.3, -0.25) is 4.79 Å². The minimum Gasteiger partial charge on any atom is -0.479 e. The van der Waals surface area contributed by atoms with Crippen LogP contribution in [0.4, 0.5) is 0 Å². The van der Waals surface area contributed by atoms with E-state index in [4.69, 9.17) is 9.47 Å². The van der Waals surface area contributed by atoms with Crippen molar-refractivity contribution in [2.24, 2.45) is 22.2 Å². The van der Waals surface area contributed by atoms with Gasteiger partial charge < -0.3 is 40.1 Å². The number of ether oxygens (including phenoxy) is 2. The van der Waals surface area contributed by atoms with Crippen LogP contribution in [-0.2, 0) is 19.1 Å². The highest BCUT2D eigenvalue weighted by molar-refractivity contribution is 5.98. The number of allylic oxidation sites excluding steroid dienone is 3. The zero-order chi connectivity index (χ0) is 26.8. The largest absolute Gasteiger partial charge is 0.479 e. The molecule has 4 rings (SSSR count). The summed E-state index contributed by atoms with van der Waals surface area (Å²) < 4.78 is 11.0. The Kier molecular flexibility index (Phi) is 7.05. The van der Waals surface area contributed by atoms with Gasteiger partial charge in [-0.05, 0) is 48.0 Å². The standard InChI is InChI=1S/C26H38O10/c1-5-24(2)7-6-13-12(9-24)14(27)8-16-25(13,3)10-15(28)21(32)26(16,4)11-35-23-19(31)17(29)18(30)20(36-23)22(33)34/h5,15-21,23,28-32H,1,6-11H2,2-4H3,(H,33,34). The number of hydrogen-bond acceptors (Lipinski definition) is 9. The van der Waals surface area contributed by atoms with Crippen LogP contribution in [0.2, 0.25) is 0 Å². The molecule has 0 aromatic rings. The van der Waals surface area contributed by atoms with Gasteiger partial charge >= 0.3 is 5.97 Å². The van der Waals surface area contributed by atoms with E-state index >= 15 is 0 Å². The molecule has 0 radical (unpaired) electrons. The molecule has 11 unspecified atom stereocenters. The molecule has 0 bridgehead atoms. The SMILES string of the molecule is C=CC1(C)CCC2=C(C1)C(=O)CC1C2(C)CC(O)C(O)C1(C)COC1OC(C(=O)O)C(O)C(O)C1O. The molecule has 202 valence electrons. The second-order valence-corrected chi connectivity index (χ2v) is 11.9. The second kappa shape index (κ2) is 9.27. The maximum Gasteiger partial charge on any atom is 0.335 e. The molecule has 2 fully saturated rings. The Balaban J connectivity index is 1.64. The third kappa shape index (κ3) is 4.16. The lowest BCUT2D eigenvalue weighted by molar-refractivity contribution is -0.307. The van der Waals surface area contributed by atoms with E-state index in [-0.39, 0.29) is 30.6 Å². The Labute approximate surface area is 210 Å². The van der Waals surface area contributed by atoms with Gasteiger partial charge in [0.15, 0.2) is 18.2 Å². The molecule has 36 heavy (non-hydrogen) atoms. The van der Waals surface area contributed by atoms with E-state index in [9.17, 15) is 40.2 Å². The molecule has 0 aromatic carbocycles. The molecule has 1 aliphatic heterocycles. The number of ketones is 1. The van der Waals surface area contributed by atoms with E-state index < -0.39 is 65.6 Å². The third-order valence-corrected chi connectivity index (χ3v) is 9.41. The molecule has 0 amide bonds. The van der Waals surface area contributed by atoms with Crippen LogP contribution in [-0.4, -0.2) is 91.9 Å². The van der Waals surface area contributed by atoms with Crippen molar-refractivity contribution in [3.8, 4) is 0 Å². The van der Waals surface area contributed by atoms with Crippen LogP contribution in [0.3, 0.4) is 0 Å². The summed E-state index contributed by atoms with van der Waals surface area (Å²) in [6, 6.07) is 0. The first-order valence-electron chi connectivity index (χ1n) is 12.5. The van der Waals surface area contributed by atoms with Gasteiger partial charge in [-0.25, -0.2) is 4.79 Å². The lowest BCUT2D eigenvalue weighted by atomic mass is 9.46. The van der Waals surface area contributed by atoms with Gasteiger partial charge in [-0.1, -0.05) is 32.4 Å². The van der Waals surface area contributed by atoms with Gasteiger partial charge in [-0.2, -0.15) is 0 Å². The molecule has 11 atom stereocenters. The van der Waals surface area contributed by atoms with Gasteiger partial charge in [0, 0.05) is 11.8 Å². The zero-order valence-corrected chi connectivity index (χ0v) is 21.0. The molecule has 10 nitrogen and oxygen atoms in total. The number of carbonyl (C=O) groups is 2. The molecule has 3 aliphatic carbocycles. The van der Waals surface area contributed by atoms with E-state index in [2.05, 4.69) is 13.5 Å². The Morgan fingerprint density at radius 1 is 1.14 bits per heavy atom. The van der Waals surface area contributed by atoms with Crippen LogP contribution in [0, 0.1) is 22.2 Å². The smallest absolute Gasteiger partial charge is 0.335 e. The van der Waals surface area contributed by atoms with E-state index in [1.54, 1.807) is 6.92 Å². The lowest BCUT2D eigenvalue weighted by Crippen LogP contribution is -2.64. The quantitative estimate of drug-likeness (QED) is 0.282. The number of rotatable bonds is 5. The van der Waals surface area contributed by atoms with Crippen LogP contribution < -0.4 is 0 Å². The molecule has 4 aliphatic rings. The lowest BCUT2D eigenvalue weighted by Gasteiger charge is -2.60. The van der Waals surface area contributed by atoms with Crippen molar-refractivity contribution >= 4 is 11.8 Å². The number of aliphatic carboxylic acids is 1. The first-order chi connectivity index (χ1) is 16.7. The molecule has 1 saturated carbocycles. The average Bonchev–Trinajstić information content (AvgIpc) is 2.82. The Morgan fingerprint density at radius 3 is 2.42 bits per heavy atom. The van der Waals surface area contributed by atoms with Gasteiger partial charge in [0.05, 0.1) is 18.8 Å². The first kappa shape index (κ1) is 27.4. The Morgan fingerprint density at radius 2 is 1.81 bits per heavy atom. The predicted octanol–water partition coefficient (Wildman–Crippen LogP) is 0.295. The minimum atomic E-state index is -1.85. The summed E-state index contributed by atoms with van der Waals surface area (Å²) in [5.74, 6) is -1.95. The summed E-state index contributed by atoms with van der Waals surface area (Å²) in [5.41, 5.74) is -0.158. The predicted molar refractivity (Wildman–Crippen MR) is 125 cm³/mol. The van der Waals surface area contributed by atoms with E-state index in [0.29, 0.717) is 12.8 Å². The number of carboxylic acid groups (broad SMARTS) is 1. The van der Waals surface area contributed by atoms with Gasteiger partial charge in [0.1, 0.15) is 18.3 Å². The normalized spacial score (nSPS) is 49.3. The van der Waals surface area contributed by atoms with Crippen molar-refractivity contribution in [1.29, 1.82) is 0 Å². The van der Waals surface area contributed by atoms with E-state index in [1.165, 1.54) is 0 Å². The number of aliphatic hydroxyl groups excluding tert-OH is 5.